The maximum atomic E-state index is 13.6. The lowest BCUT2D eigenvalue weighted by molar-refractivity contribution is -0.0876. The molecule has 0 radical (unpaired) electrons. The first kappa shape index (κ1) is 23.1. The van der Waals surface area contributed by atoms with Gasteiger partial charge in [0.2, 0.25) is 11.7 Å². The Hall–Kier alpha value is -3.05. The topological polar surface area (TPSA) is 98.7 Å². The number of hydrogen-bond donors (Lipinski definition) is 3. The largest absolute Gasteiger partial charge is 0.476 e. The van der Waals surface area contributed by atoms with Crippen LogP contribution in [-0.4, -0.2) is 48.3 Å². The van der Waals surface area contributed by atoms with Gasteiger partial charge in [-0.3, -0.25) is 5.73 Å². The molecule has 33 heavy (non-hydrogen) atoms. The molecule has 1 unspecified atom stereocenters. The van der Waals surface area contributed by atoms with Crippen LogP contribution in [0.5, 0.6) is 5.88 Å². The third-order valence-electron chi connectivity index (χ3n) is 5.64. The number of nitrogens with zero attached hydrogens (tertiary/aromatic N) is 3. The van der Waals surface area contributed by atoms with Gasteiger partial charge in [0, 0.05) is 56.2 Å². The van der Waals surface area contributed by atoms with Crippen LogP contribution in [0, 0.1) is 5.92 Å². The summed E-state index contributed by atoms with van der Waals surface area (Å²) in [4.78, 5) is 8.20. The summed E-state index contributed by atoms with van der Waals surface area (Å²) in [5.41, 5.74) is 5.86. The van der Waals surface area contributed by atoms with Gasteiger partial charge in [0.15, 0.2) is 0 Å². The fraction of sp³-hybridized carbons (Fsp3) is 0.455. The first-order valence-corrected chi connectivity index (χ1v) is 10.8. The van der Waals surface area contributed by atoms with Crippen LogP contribution >= 0.6 is 0 Å². The Balaban J connectivity index is 1.42. The van der Waals surface area contributed by atoms with Gasteiger partial charge in [-0.15, -0.1) is 0 Å². The number of aromatic nitrogens is 2. The smallest absolute Gasteiger partial charge is 0.421 e. The quantitative estimate of drug-likeness (QED) is 0.555. The summed E-state index contributed by atoms with van der Waals surface area (Å²) in [6, 6.07) is 7.11. The number of aliphatic imine (C=N–C) groups is 1. The van der Waals surface area contributed by atoms with Crippen molar-refractivity contribution in [1.82, 2.24) is 20.2 Å². The van der Waals surface area contributed by atoms with Crippen molar-refractivity contribution in [2.45, 2.75) is 31.3 Å². The van der Waals surface area contributed by atoms with E-state index in [4.69, 9.17) is 15.2 Å². The van der Waals surface area contributed by atoms with E-state index in [0.717, 1.165) is 19.1 Å². The van der Waals surface area contributed by atoms with Gasteiger partial charge in [0.1, 0.15) is 18.0 Å². The van der Waals surface area contributed by atoms with Gasteiger partial charge in [-0.1, -0.05) is 0 Å². The molecule has 4 N–H and O–H groups in total. The lowest BCUT2D eigenvalue weighted by Gasteiger charge is -2.34. The molecule has 1 atom stereocenters. The first-order chi connectivity index (χ1) is 15.8. The molecule has 2 aromatic heterocycles. The van der Waals surface area contributed by atoms with E-state index >= 15 is 0 Å². The Morgan fingerprint density at radius 2 is 2.00 bits per heavy atom. The van der Waals surface area contributed by atoms with E-state index < -0.39 is 17.5 Å². The van der Waals surface area contributed by atoms with Crippen LogP contribution in [0.15, 0.2) is 59.2 Å². The summed E-state index contributed by atoms with van der Waals surface area (Å²) in [5.74, 6) is -1.18. The average Bonchev–Trinajstić information content (AvgIpc) is 3.32. The summed E-state index contributed by atoms with van der Waals surface area (Å²) in [6.07, 6.45) is 3.08. The first-order valence-electron chi connectivity index (χ1n) is 10.8. The molecule has 1 fully saturated rings. The lowest BCUT2D eigenvalue weighted by Crippen LogP contribution is -2.54. The van der Waals surface area contributed by atoms with Gasteiger partial charge >= 0.3 is 6.18 Å². The SMILES string of the molecule is NC1(c2ccc(OCCn3cccc3)nc2)N=CC(C(F)(F)F)=C(NCC2CCOCC2)N1. The van der Waals surface area contributed by atoms with Crippen molar-refractivity contribution in [3.63, 3.8) is 0 Å². The zero-order valence-electron chi connectivity index (χ0n) is 18.0. The number of nitrogens with two attached hydrogens (primary N) is 1. The van der Waals surface area contributed by atoms with Gasteiger partial charge in [0.25, 0.3) is 0 Å². The molecule has 4 rings (SSSR count). The minimum absolute atomic E-state index is 0.196. The van der Waals surface area contributed by atoms with Crippen molar-refractivity contribution in [3.05, 3.63) is 59.8 Å². The number of rotatable bonds is 8. The number of nitrogens with one attached hydrogen (secondary N) is 2. The molecule has 0 spiro atoms. The molecule has 2 aliphatic heterocycles. The predicted octanol–water partition coefficient (Wildman–Crippen LogP) is 2.50. The molecule has 11 heteroatoms. The number of pyridine rings is 1. The van der Waals surface area contributed by atoms with E-state index in [0.29, 0.717) is 44.4 Å². The summed E-state index contributed by atoms with van der Waals surface area (Å²) < 4.78 is 53.6. The van der Waals surface area contributed by atoms with Crippen LogP contribution in [0.2, 0.25) is 0 Å². The van der Waals surface area contributed by atoms with E-state index in [1.807, 2.05) is 29.1 Å². The van der Waals surface area contributed by atoms with Gasteiger partial charge in [-0.25, -0.2) is 9.98 Å². The van der Waals surface area contributed by atoms with Crippen molar-refractivity contribution < 1.29 is 22.6 Å². The second-order valence-corrected chi connectivity index (χ2v) is 8.03. The van der Waals surface area contributed by atoms with E-state index in [1.165, 1.54) is 6.20 Å². The summed E-state index contributed by atoms with van der Waals surface area (Å²) in [5, 5.41) is 5.64. The third kappa shape index (κ3) is 5.85. The highest BCUT2D eigenvalue weighted by molar-refractivity contribution is 5.82. The number of hydrogen-bond acceptors (Lipinski definition) is 7. The maximum Gasteiger partial charge on any atom is 0.421 e. The molecule has 0 bridgehead atoms. The maximum absolute atomic E-state index is 13.6. The summed E-state index contributed by atoms with van der Waals surface area (Å²) in [7, 11) is 0. The van der Waals surface area contributed by atoms with Gasteiger partial charge in [-0.05, 0) is 37.0 Å². The highest BCUT2D eigenvalue weighted by atomic mass is 19.4. The highest BCUT2D eigenvalue weighted by Gasteiger charge is 2.41. The van der Waals surface area contributed by atoms with E-state index in [9.17, 15) is 13.2 Å². The molecule has 178 valence electrons. The van der Waals surface area contributed by atoms with E-state index in [-0.39, 0.29) is 11.7 Å². The molecule has 0 aliphatic carbocycles. The van der Waals surface area contributed by atoms with Crippen LogP contribution in [0.3, 0.4) is 0 Å². The summed E-state index contributed by atoms with van der Waals surface area (Å²) >= 11 is 0. The molecular formula is C22H27F3N6O2. The second-order valence-electron chi connectivity index (χ2n) is 8.03. The highest BCUT2D eigenvalue weighted by Crippen LogP contribution is 2.31. The van der Waals surface area contributed by atoms with Crippen LogP contribution < -0.4 is 21.1 Å². The molecule has 0 aromatic carbocycles. The minimum Gasteiger partial charge on any atom is -0.476 e. The van der Waals surface area contributed by atoms with Gasteiger partial charge < -0.3 is 24.7 Å². The number of allylic oxidation sites excluding steroid dienone is 1. The molecule has 0 amide bonds. The van der Waals surface area contributed by atoms with Crippen molar-refractivity contribution in [3.8, 4) is 5.88 Å². The average molecular weight is 464 g/mol. The fourth-order valence-electron chi connectivity index (χ4n) is 3.69. The minimum atomic E-state index is -4.58. The molecule has 8 nitrogen and oxygen atoms in total. The molecule has 2 aliphatic rings. The standard InChI is InChI=1S/C22H27F3N6O2/c23-21(24,25)18-15-29-22(26,30-20(18)28-13-16-5-10-32-11-6-16)17-3-4-19(27-14-17)33-12-9-31-7-1-2-8-31/h1-4,7-8,14-16,28,30H,5-6,9-13,26H2. The van der Waals surface area contributed by atoms with Crippen LogP contribution in [0.1, 0.15) is 18.4 Å². The number of ether oxygens (including phenoxy) is 2. The fourth-order valence-corrected chi connectivity index (χ4v) is 3.69. The Bertz CT molecular complexity index is 969. The van der Waals surface area contributed by atoms with E-state index in [2.05, 4.69) is 20.6 Å². The zero-order valence-corrected chi connectivity index (χ0v) is 18.0. The molecule has 1 saturated heterocycles. The van der Waals surface area contributed by atoms with Crippen LogP contribution in [-0.2, 0) is 17.1 Å². The third-order valence-corrected chi connectivity index (χ3v) is 5.64. The van der Waals surface area contributed by atoms with E-state index in [1.54, 1.807) is 12.1 Å². The molecule has 4 heterocycles. The Labute approximate surface area is 189 Å². The molecular weight excluding hydrogens is 437 g/mol. The predicted molar refractivity (Wildman–Crippen MR) is 116 cm³/mol. The summed E-state index contributed by atoms with van der Waals surface area (Å²) in [6.45, 7) is 2.68. The molecule has 0 saturated carbocycles. The monoisotopic (exact) mass is 464 g/mol. The van der Waals surface area contributed by atoms with Crippen molar-refractivity contribution in [2.75, 3.05) is 26.4 Å². The second kappa shape index (κ2) is 9.84. The lowest BCUT2D eigenvalue weighted by atomic mass is 10.0. The zero-order chi connectivity index (χ0) is 23.3. The normalized spacial score (nSPS) is 21.7. The number of alkyl halides is 3. The number of halogens is 3. The Morgan fingerprint density at radius 3 is 2.67 bits per heavy atom. The van der Waals surface area contributed by atoms with Crippen molar-refractivity contribution in [1.29, 1.82) is 0 Å². The van der Waals surface area contributed by atoms with Gasteiger partial charge in [0.05, 0.1) is 6.54 Å². The Morgan fingerprint density at radius 1 is 1.24 bits per heavy atom. The molecule has 2 aromatic rings. The van der Waals surface area contributed by atoms with Crippen LogP contribution in [0.4, 0.5) is 13.2 Å². The van der Waals surface area contributed by atoms with Crippen molar-refractivity contribution >= 4 is 6.21 Å². The Kier molecular flexibility index (Phi) is 6.89. The van der Waals surface area contributed by atoms with Crippen molar-refractivity contribution in [2.24, 2.45) is 16.6 Å². The van der Waals surface area contributed by atoms with Crippen LogP contribution in [0.25, 0.3) is 0 Å². The van der Waals surface area contributed by atoms with Gasteiger partial charge in [-0.2, -0.15) is 13.2 Å².